The normalized spacial score (nSPS) is 14.7. The lowest BCUT2D eigenvalue weighted by molar-refractivity contribution is 1.18. The van der Waals surface area contributed by atoms with E-state index in [1.54, 1.807) is 0 Å². The summed E-state index contributed by atoms with van der Waals surface area (Å²) in [6, 6.07) is 53.6. The molecule has 220 valence electrons. The van der Waals surface area contributed by atoms with Gasteiger partial charge in [0, 0.05) is 22.7 Å². The van der Waals surface area contributed by atoms with Crippen LogP contribution in [-0.2, 0) is 0 Å². The zero-order valence-electron chi connectivity index (χ0n) is 26.1. The van der Waals surface area contributed by atoms with Crippen LogP contribution in [0.1, 0.15) is 22.3 Å². The van der Waals surface area contributed by atoms with Gasteiger partial charge in [-0.3, -0.25) is 0 Å². The van der Waals surface area contributed by atoms with E-state index in [1.807, 2.05) is 0 Å². The molecular weight excluding hydrogens is 565 g/mol. The van der Waals surface area contributed by atoms with Crippen LogP contribution in [0.3, 0.4) is 0 Å². The molecule has 6 aromatic carbocycles. The molecule has 1 spiro atoms. The fourth-order valence-electron chi connectivity index (χ4n) is 7.09. The molecule has 0 atom stereocenters. The average Bonchev–Trinajstić information content (AvgIpc) is 3.50. The Balaban J connectivity index is 1.60. The smallest absolute Gasteiger partial charge is 0.314 e. The molecular formula is C40H36N4Si. The first-order valence-corrected chi connectivity index (χ1v) is 17.4. The first-order chi connectivity index (χ1) is 22.0. The monoisotopic (exact) mass is 600 g/mol. The van der Waals surface area contributed by atoms with Crippen molar-refractivity contribution in [1.29, 1.82) is 0 Å². The summed E-state index contributed by atoms with van der Waals surface area (Å²) in [5.74, 6) is 0. The number of hydrogen-bond donors (Lipinski definition) is 0. The highest BCUT2D eigenvalue weighted by molar-refractivity contribution is 6.99. The highest BCUT2D eigenvalue weighted by Crippen LogP contribution is 2.62. The summed E-state index contributed by atoms with van der Waals surface area (Å²) in [4.78, 5) is 0. The van der Waals surface area contributed by atoms with Gasteiger partial charge in [0.05, 0.1) is 22.7 Å². The van der Waals surface area contributed by atoms with E-state index in [4.69, 9.17) is 0 Å². The van der Waals surface area contributed by atoms with Crippen LogP contribution in [0, 0.1) is 27.7 Å². The fourth-order valence-corrected chi connectivity index (χ4v) is 12.3. The predicted molar refractivity (Wildman–Crippen MR) is 192 cm³/mol. The maximum atomic E-state index is 2.69. The van der Waals surface area contributed by atoms with Crippen molar-refractivity contribution in [3.8, 4) is 0 Å². The van der Waals surface area contributed by atoms with Crippen molar-refractivity contribution in [2.75, 3.05) is 18.3 Å². The van der Waals surface area contributed by atoms with Crippen molar-refractivity contribution in [1.82, 2.24) is 0 Å². The average molecular weight is 601 g/mol. The molecule has 0 saturated heterocycles. The Morgan fingerprint density at radius 2 is 0.511 bits per heavy atom. The van der Waals surface area contributed by atoms with Crippen LogP contribution >= 0.6 is 0 Å². The maximum absolute atomic E-state index is 3.32. The Morgan fingerprint density at radius 3 is 0.711 bits per heavy atom. The van der Waals surface area contributed by atoms with E-state index >= 15 is 0 Å². The molecule has 4 nitrogen and oxygen atoms in total. The molecule has 0 bridgehead atoms. The summed E-state index contributed by atoms with van der Waals surface area (Å²) in [5, 5.41) is 0. The van der Waals surface area contributed by atoms with Crippen LogP contribution in [0.5, 0.6) is 0 Å². The summed E-state index contributed by atoms with van der Waals surface area (Å²) in [6.07, 6.45) is 0. The number of rotatable bonds is 4. The second-order valence-electron chi connectivity index (χ2n) is 12.1. The third-order valence-electron chi connectivity index (χ3n) is 9.40. The Kier molecular flexibility index (Phi) is 6.32. The van der Waals surface area contributed by atoms with Gasteiger partial charge in [-0.1, -0.05) is 72.8 Å². The van der Waals surface area contributed by atoms with Crippen LogP contribution in [0.15, 0.2) is 146 Å². The first-order valence-electron chi connectivity index (χ1n) is 15.6. The first kappa shape index (κ1) is 27.3. The molecule has 6 aromatic rings. The fraction of sp³-hybridized carbons (Fsp3) is 0.100. The molecule has 2 aliphatic rings. The minimum absolute atomic E-state index is 1.18. The zero-order chi connectivity index (χ0) is 30.7. The molecule has 2 aliphatic heterocycles. The second kappa shape index (κ2) is 10.4. The Labute approximate surface area is 267 Å². The molecule has 8 rings (SSSR count). The lowest BCUT2D eigenvalue weighted by atomic mass is 10.1. The molecule has 0 radical (unpaired) electrons. The third-order valence-corrected chi connectivity index (χ3v) is 13.8. The standard InChI is InChI=1S/C40H36N4Si/c1-29-25-37-38(26-30(29)2)42(34-19-11-6-12-20-34)45(41(37)33-17-9-5-10-18-33)43(35-21-13-7-14-22-35)39-27-31(3)32(4)28-40(39)44(45)36-23-15-8-16-24-36/h5-28H,1-4H3. The van der Waals surface area contributed by atoms with Crippen molar-refractivity contribution < 1.29 is 0 Å². The van der Waals surface area contributed by atoms with Gasteiger partial charge in [0.1, 0.15) is 0 Å². The van der Waals surface area contributed by atoms with Crippen LogP contribution in [0.4, 0.5) is 45.5 Å². The predicted octanol–water partition coefficient (Wildman–Crippen LogP) is 10.6. The number of nitrogens with zero attached hydrogens (tertiary/aromatic N) is 4. The van der Waals surface area contributed by atoms with E-state index in [1.165, 1.54) is 67.8 Å². The lowest BCUT2D eigenvalue weighted by Crippen LogP contribution is -2.76. The minimum Gasteiger partial charge on any atom is -0.314 e. The van der Waals surface area contributed by atoms with E-state index in [0.717, 1.165) is 0 Å². The molecule has 5 heteroatoms. The quantitative estimate of drug-likeness (QED) is 0.187. The number of fused-ring (bicyclic) bond motifs is 2. The maximum Gasteiger partial charge on any atom is 0.521 e. The van der Waals surface area contributed by atoms with Gasteiger partial charge < -0.3 is 18.3 Å². The largest absolute Gasteiger partial charge is 0.521 e. The molecule has 0 aliphatic carbocycles. The molecule has 0 amide bonds. The van der Waals surface area contributed by atoms with Gasteiger partial charge in [0.15, 0.2) is 0 Å². The van der Waals surface area contributed by atoms with Gasteiger partial charge in [-0.25, -0.2) is 0 Å². The van der Waals surface area contributed by atoms with E-state index in [0.29, 0.717) is 0 Å². The van der Waals surface area contributed by atoms with Crippen molar-refractivity contribution in [2.24, 2.45) is 0 Å². The molecule has 0 unspecified atom stereocenters. The van der Waals surface area contributed by atoms with Gasteiger partial charge in [-0.15, -0.1) is 0 Å². The molecule has 0 N–H and O–H groups in total. The van der Waals surface area contributed by atoms with Crippen molar-refractivity contribution in [3.63, 3.8) is 0 Å². The minimum atomic E-state index is -3.32. The molecule has 45 heavy (non-hydrogen) atoms. The number of benzene rings is 6. The second-order valence-corrected chi connectivity index (χ2v) is 15.1. The van der Waals surface area contributed by atoms with Crippen LogP contribution < -0.4 is 18.3 Å². The topological polar surface area (TPSA) is 13.0 Å². The van der Waals surface area contributed by atoms with Crippen LogP contribution in [0.25, 0.3) is 0 Å². The molecule has 0 aromatic heterocycles. The summed E-state index contributed by atoms with van der Waals surface area (Å²) in [5.41, 5.74) is 14.7. The van der Waals surface area contributed by atoms with E-state index < -0.39 is 8.72 Å². The molecule has 0 saturated carbocycles. The number of anilines is 8. The van der Waals surface area contributed by atoms with Crippen molar-refractivity contribution in [3.05, 3.63) is 168 Å². The van der Waals surface area contributed by atoms with Gasteiger partial charge in [-0.05, 0) is 123 Å². The molecule has 2 heterocycles. The zero-order valence-corrected chi connectivity index (χ0v) is 27.1. The summed E-state index contributed by atoms with van der Waals surface area (Å²) in [6.45, 7) is 8.94. The Morgan fingerprint density at radius 1 is 0.311 bits per heavy atom. The van der Waals surface area contributed by atoms with E-state index in [-0.39, 0.29) is 0 Å². The number of para-hydroxylation sites is 4. The van der Waals surface area contributed by atoms with Gasteiger partial charge in [0.25, 0.3) is 0 Å². The highest BCUT2D eigenvalue weighted by Gasteiger charge is 2.69. The third kappa shape index (κ3) is 3.97. The summed E-state index contributed by atoms with van der Waals surface area (Å²) in [7, 11) is -3.32. The van der Waals surface area contributed by atoms with Crippen LogP contribution in [0.2, 0.25) is 0 Å². The number of hydrogen-bond acceptors (Lipinski definition) is 4. The Bertz CT molecular complexity index is 1720. The Hall–Kier alpha value is -5.26. The van der Waals surface area contributed by atoms with Crippen molar-refractivity contribution in [2.45, 2.75) is 27.7 Å². The number of aryl methyl sites for hydroxylation is 4. The summed E-state index contributed by atoms with van der Waals surface area (Å²) >= 11 is 0. The summed E-state index contributed by atoms with van der Waals surface area (Å²) < 4.78 is 10.7. The van der Waals surface area contributed by atoms with Gasteiger partial charge >= 0.3 is 8.72 Å². The highest BCUT2D eigenvalue weighted by atomic mass is 28.4. The van der Waals surface area contributed by atoms with Gasteiger partial charge in [-0.2, -0.15) is 0 Å². The lowest BCUT2D eigenvalue weighted by Gasteiger charge is -2.49. The van der Waals surface area contributed by atoms with E-state index in [2.05, 4.69) is 192 Å². The van der Waals surface area contributed by atoms with Crippen LogP contribution in [-0.4, -0.2) is 8.72 Å². The SMILES string of the molecule is Cc1cc2c(cc1C)N(c1ccccc1)[Si]1(N2c2ccccc2)N(c2ccccc2)c2cc(C)c(C)cc2N1c1ccccc1. The van der Waals surface area contributed by atoms with E-state index in [9.17, 15) is 0 Å². The molecule has 0 fully saturated rings. The van der Waals surface area contributed by atoms with Crippen molar-refractivity contribution >= 4 is 54.2 Å². The van der Waals surface area contributed by atoms with Gasteiger partial charge in [0.2, 0.25) is 0 Å².